The quantitative estimate of drug-likeness (QED) is 0.543. The highest BCUT2D eigenvalue weighted by Gasteiger charge is 2.22. The molecule has 0 unspecified atom stereocenters. The predicted molar refractivity (Wildman–Crippen MR) is 100.0 cm³/mol. The van der Waals surface area contributed by atoms with Crippen molar-refractivity contribution in [2.45, 2.75) is 32.5 Å². The molecule has 3 N–H and O–H groups in total. The van der Waals surface area contributed by atoms with Crippen LogP contribution in [0, 0.1) is 5.82 Å². The Labute approximate surface area is 157 Å². The van der Waals surface area contributed by atoms with E-state index in [2.05, 4.69) is 21.1 Å². The number of morpholine rings is 1. The van der Waals surface area contributed by atoms with Crippen molar-refractivity contribution in [3.8, 4) is 0 Å². The van der Waals surface area contributed by atoms with Crippen molar-refractivity contribution in [1.29, 1.82) is 0 Å². The van der Waals surface area contributed by atoms with Gasteiger partial charge >= 0.3 is 0 Å². The highest BCUT2D eigenvalue weighted by Crippen LogP contribution is 2.19. The van der Waals surface area contributed by atoms with Crippen molar-refractivity contribution < 1.29 is 13.9 Å². The fourth-order valence-corrected chi connectivity index (χ4v) is 3.00. The molecule has 1 aliphatic heterocycles. The highest BCUT2D eigenvalue weighted by atomic mass is 35.5. The molecular weight excluding hydrogens is 367 g/mol. The minimum absolute atomic E-state index is 0.00852. The Morgan fingerprint density at radius 3 is 2.68 bits per heavy atom. The van der Waals surface area contributed by atoms with Gasteiger partial charge in [-0.1, -0.05) is 11.6 Å². The number of amides is 1. The smallest absolute Gasteiger partial charge is 0.239 e. The number of carbonyl (C=O) groups excluding carboxylic acids is 1. The van der Waals surface area contributed by atoms with Crippen LogP contribution in [-0.2, 0) is 9.53 Å². The van der Waals surface area contributed by atoms with Crippen LogP contribution in [0.5, 0.6) is 0 Å². The maximum absolute atomic E-state index is 13.1. The normalized spacial score (nSPS) is 20.8. The van der Waals surface area contributed by atoms with E-state index in [1.807, 2.05) is 13.8 Å². The van der Waals surface area contributed by atoms with E-state index in [0.717, 1.165) is 13.1 Å². The average Bonchev–Trinajstić information content (AvgIpc) is 2.53. The lowest BCUT2D eigenvalue weighted by molar-refractivity contribution is -0.123. The van der Waals surface area contributed by atoms with Gasteiger partial charge in [0.25, 0.3) is 0 Å². The summed E-state index contributed by atoms with van der Waals surface area (Å²) in [6.07, 6.45) is 0.686. The van der Waals surface area contributed by atoms with E-state index < -0.39 is 5.82 Å². The van der Waals surface area contributed by atoms with Crippen molar-refractivity contribution in [3.63, 3.8) is 0 Å². The van der Waals surface area contributed by atoms with Crippen LogP contribution in [0.1, 0.15) is 20.3 Å². The summed E-state index contributed by atoms with van der Waals surface area (Å²) in [7, 11) is 0. The van der Waals surface area contributed by atoms with E-state index in [1.165, 1.54) is 18.2 Å². The van der Waals surface area contributed by atoms with Gasteiger partial charge in [-0.2, -0.15) is 0 Å². The Kier molecular flexibility index (Phi) is 7.37. The molecule has 1 amide bonds. The second kappa shape index (κ2) is 9.28. The number of ether oxygens (including phenoxy) is 1. The van der Waals surface area contributed by atoms with Gasteiger partial charge in [0.2, 0.25) is 5.91 Å². The van der Waals surface area contributed by atoms with Crippen LogP contribution in [-0.4, -0.2) is 47.8 Å². The van der Waals surface area contributed by atoms with E-state index >= 15 is 0 Å². The fraction of sp³-hybridized carbons (Fsp3) is 0.500. The summed E-state index contributed by atoms with van der Waals surface area (Å²) >= 11 is 10.8. The van der Waals surface area contributed by atoms with Crippen LogP contribution in [0.25, 0.3) is 0 Å². The first kappa shape index (κ1) is 19.8. The number of hydrogen-bond donors (Lipinski definition) is 3. The fourth-order valence-electron chi connectivity index (χ4n) is 2.65. The van der Waals surface area contributed by atoms with Crippen LogP contribution in [0.3, 0.4) is 0 Å². The third kappa shape index (κ3) is 6.74. The van der Waals surface area contributed by atoms with Crippen molar-refractivity contribution >= 4 is 40.5 Å². The first-order chi connectivity index (χ1) is 11.8. The number of hydrogen-bond acceptors (Lipinski definition) is 4. The molecule has 0 saturated carbocycles. The van der Waals surface area contributed by atoms with Gasteiger partial charge in [0.1, 0.15) is 5.82 Å². The second-order valence-electron chi connectivity index (χ2n) is 6.02. The standard InChI is InChI=1S/C16H22ClFN4O2S/c1-10-8-22(9-11(2)24-10)6-5-15(23)20-21-16(25)19-12-3-4-14(18)13(17)7-12/h3-4,7,10-11H,5-6,8-9H2,1-2H3,(H,20,23)(H2,19,21,25)/t10-,11+. The molecule has 25 heavy (non-hydrogen) atoms. The third-order valence-corrected chi connectivity index (χ3v) is 4.14. The molecule has 6 nitrogen and oxygen atoms in total. The molecule has 0 aromatic heterocycles. The molecule has 1 saturated heterocycles. The SMILES string of the molecule is C[C@@H]1CN(CCC(=O)NNC(=S)Nc2ccc(F)c(Cl)c2)C[C@H](C)O1. The molecule has 1 aliphatic rings. The van der Waals surface area contributed by atoms with Gasteiger partial charge in [0.05, 0.1) is 17.2 Å². The first-order valence-corrected chi connectivity index (χ1v) is 8.81. The lowest BCUT2D eigenvalue weighted by Crippen LogP contribution is -2.48. The lowest BCUT2D eigenvalue weighted by Gasteiger charge is -2.35. The Morgan fingerprint density at radius 1 is 1.36 bits per heavy atom. The average molecular weight is 389 g/mol. The summed E-state index contributed by atoms with van der Waals surface area (Å²) in [5.74, 6) is -0.681. The minimum atomic E-state index is -0.508. The number of thiocarbonyl (C=S) groups is 1. The van der Waals surface area contributed by atoms with Crippen LogP contribution < -0.4 is 16.2 Å². The molecule has 1 aromatic carbocycles. The van der Waals surface area contributed by atoms with Crippen molar-refractivity contribution in [3.05, 3.63) is 29.0 Å². The number of rotatable bonds is 4. The van der Waals surface area contributed by atoms with E-state index in [-0.39, 0.29) is 28.3 Å². The number of anilines is 1. The minimum Gasteiger partial charge on any atom is -0.373 e. The van der Waals surface area contributed by atoms with Crippen LogP contribution >= 0.6 is 23.8 Å². The number of carbonyl (C=O) groups is 1. The van der Waals surface area contributed by atoms with E-state index in [4.69, 9.17) is 28.6 Å². The first-order valence-electron chi connectivity index (χ1n) is 8.02. The number of nitrogens with one attached hydrogen (secondary N) is 3. The molecule has 2 atom stereocenters. The monoisotopic (exact) mass is 388 g/mol. The highest BCUT2D eigenvalue weighted by molar-refractivity contribution is 7.80. The summed E-state index contributed by atoms with van der Waals surface area (Å²) < 4.78 is 18.8. The third-order valence-electron chi connectivity index (χ3n) is 3.64. The molecular formula is C16H22ClFN4O2S. The predicted octanol–water partition coefficient (Wildman–Crippen LogP) is 2.30. The van der Waals surface area contributed by atoms with Crippen LogP contribution in [0.15, 0.2) is 18.2 Å². The summed E-state index contributed by atoms with van der Waals surface area (Å²) in [4.78, 5) is 14.1. The van der Waals surface area contributed by atoms with E-state index in [0.29, 0.717) is 18.7 Å². The Balaban J connectivity index is 1.68. The van der Waals surface area contributed by atoms with Gasteiger partial charge in [-0.05, 0) is 44.3 Å². The lowest BCUT2D eigenvalue weighted by atomic mass is 10.2. The maximum Gasteiger partial charge on any atom is 0.239 e. The summed E-state index contributed by atoms with van der Waals surface area (Å²) in [6.45, 7) is 6.33. The Morgan fingerprint density at radius 2 is 2.04 bits per heavy atom. The molecule has 1 fully saturated rings. The zero-order valence-corrected chi connectivity index (χ0v) is 15.7. The molecule has 0 aliphatic carbocycles. The molecule has 1 heterocycles. The van der Waals surface area contributed by atoms with Gasteiger partial charge in [-0.25, -0.2) is 4.39 Å². The van der Waals surface area contributed by atoms with Crippen molar-refractivity contribution in [2.75, 3.05) is 25.0 Å². The number of nitrogens with zero attached hydrogens (tertiary/aromatic N) is 1. The van der Waals surface area contributed by atoms with Gasteiger partial charge in [0.15, 0.2) is 5.11 Å². The Bertz CT molecular complexity index is 624. The van der Waals surface area contributed by atoms with Gasteiger partial charge in [-0.3, -0.25) is 20.5 Å². The summed E-state index contributed by atoms with van der Waals surface area (Å²) in [5.41, 5.74) is 5.67. The number of benzene rings is 1. The van der Waals surface area contributed by atoms with Crippen molar-refractivity contribution in [2.24, 2.45) is 0 Å². The maximum atomic E-state index is 13.1. The van der Waals surface area contributed by atoms with E-state index in [1.54, 1.807) is 0 Å². The van der Waals surface area contributed by atoms with Crippen LogP contribution in [0.2, 0.25) is 5.02 Å². The molecule has 1 aromatic rings. The summed E-state index contributed by atoms with van der Waals surface area (Å²) in [5, 5.41) is 2.99. The number of halogens is 2. The molecule has 0 bridgehead atoms. The molecule has 2 rings (SSSR count). The largest absolute Gasteiger partial charge is 0.373 e. The zero-order chi connectivity index (χ0) is 18.4. The van der Waals surface area contributed by atoms with E-state index in [9.17, 15) is 9.18 Å². The number of hydrazine groups is 1. The van der Waals surface area contributed by atoms with Crippen molar-refractivity contribution in [1.82, 2.24) is 15.8 Å². The molecule has 138 valence electrons. The van der Waals surface area contributed by atoms with Gasteiger partial charge in [-0.15, -0.1) is 0 Å². The summed E-state index contributed by atoms with van der Waals surface area (Å²) in [6, 6.07) is 4.14. The molecule has 9 heteroatoms. The molecule has 0 radical (unpaired) electrons. The van der Waals surface area contributed by atoms with Crippen LogP contribution in [0.4, 0.5) is 10.1 Å². The molecule has 0 spiro atoms. The van der Waals surface area contributed by atoms with Gasteiger partial charge < -0.3 is 10.1 Å². The second-order valence-corrected chi connectivity index (χ2v) is 6.84. The zero-order valence-electron chi connectivity index (χ0n) is 14.1. The topological polar surface area (TPSA) is 65.6 Å². The Hall–Kier alpha value is -1.48. The van der Waals surface area contributed by atoms with Gasteiger partial charge in [0, 0.05) is 31.7 Å².